The quantitative estimate of drug-likeness (QED) is 0.610. The maximum atomic E-state index is 11.6. The van der Waals surface area contributed by atoms with Crippen molar-refractivity contribution in [2.75, 3.05) is 0 Å². The van der Waals surface area contributed by atoms with Crippen LogP contribution in [0, 0.1) is 0 Å². The fourth-order valence-electron chi connectivity index (χ4n) is 2.74. The van der Waals surface area contributed by atoms with Gasteiger partial charge in [0.1, 0.15) is 0 Å². The standard InChI is InChI=1S/C20H21ClN4OS/c1-12(2)16-6-4-5-7-17(16)25-19(14-8-10-15(21)11-9-14)23-24-20(25)27-13(3)18(22)26/h4-13H,1-3H3,(H2,22,26)/t13-/m0/s1. The number of hydrogen-bond acceptors (Lipinski definition) is 4. The zero-order valence-corrected chi connectivity index (χ0v) is 17.0. The molecular weight excluding hydrogens is 380 g/mol. The average Bonchev–Trinajstić information content (AvgIpc) is 3.05. The smallest absolute Gasteiger partial charge is 0.230 e. The van der Waals surface area contributed by atoms with Gasteiger partial charge in [0.2, 0.25) is 5.91 Å². The van der Waals surface area contributed by atoms with E-state index in [9.17, 15) is 4.79 Å². The van der Waals surface area contributed by atoms with Crippen molar-refractivity contribution in [3.8, 4) is 17.1 Å². The highest BCUT2D eigenvalue weighted by molar-refractivity contribution is 8.00. The normalized spacial score (nSPS) is 12.3. The number of nitrogens with zero attached hydrogens (tertiary/aromatic N) is 3. The summed E-state index contributed by atoms with van der Waals surface area (Å²) in [5.74, 6) is 0.617. The zero-order valence-electron chi connectivity index (χ0n) is 15.4. The fraction of sp³-hybridized carbons (Fsp3) is 0.250. The Morgan fingerprint density at radius 2 is 1.74 bits per heavy atom. The predicted molar refractivity (Wildman–Crippen MR) is 110 cm³/mol. The molecule has 1 atom stereocenters. The van der Waals surface area contributed by atoms with Crippen LogP contribution in [-0.4, -0.2) is 25.9 Å². The molecule has 0 aliphatic rings. The maximum absolute atomic E-state index is 11.6. The van der Waals surface area contributed by atoms with Gasteiger partial charge >= 0.3 is 0 Å². The van der Waals surface area contributed by atoms with Crippen LogP contribution in [0.15, 0.2) is 53.7 Å². The van der Waals surface area contributed by atoms with Gasteiger partial charge in [-0.25, -0.2) is 0 Å². The molecule has 1 aromatic heterocycles. The number of primary amides is 1. The molecule has 2 N–H and O–H groups in total. The molecule has 0 saturated heterocycles. The van der Waals surface area contributed by atoms with Gasteiger partial charge in [0.15, 0.2) is 11.0 Å². The molecule has 0 radical (unpaired) electrons. The van der Waals surface area contributed by atoms with E-state index in [1.54, 1.807) is 6.92 Å². The van der Waals surface area contributed by atoms with E-state index < -0.39 is 5.25 Å². The molecule has 0 saturated carbocycles. The zero-order chi connectivity index (χ0) is 19.6. The highest BCUT2D eigenvalue weighted by atomic mass is 35.5. The van der Waals surface area contributed by atoms with Crippen molar-refractivity contribution in [2.24, 2.45) is 5.73 Å². The Hall–Kier alpha value is -2.31. The molecule has 0 bridgehead atoms. The molecule has 2 aromatic carbocycles. The van der Waals surface area contributed by atoms with Gasteiger partial charge in [0, 0.05) is 10.6 Å². The Morgan fingerprint density at radius 3 is 2.37 bits per heavy atom. The Kier molecular flexibility index (Phi) is 5.87. The number of thioether (sulfide) groups is 1. The number of amides is 1. The number of benzene rings is 2. The molecule has 0 spiro atoms. The third kappa shape index (κ3) is 4.17. The number of carbonyl (C=O) groups excluding carboxylic acids is 1. The first-order valence-electron chi connectivity index (χ1n) is 8.65. The molecule has 1 heterocycles. The lowest BCUT2D eigenvalue weighted by Gasteiger charge is -2.17. The van der Waals surface area contributed by atoms with Crippen LogP contribution in [0.5, 0.6) is 0 Å². The molecule has 0 unspecified atom stereocenters. The summed E-state index contributed by atoms with van der Waals surface area (Å²) in [7, 11) is 0. The molecule has 3 rings (SSSR count). The van der Waals surface area contributed by atoms with Gasteiger partial charge in [-0.3, -0.25) is 9.36 Å². The lowest BCUT2D eigenvalue weighted by molar-refractivity contribution is -0.117. The van der Waals surface area contributed by atoms with Crippen LogP contribution in [0.25, 0.3) is 17.1 Å². The summed E-state index contributed by atoms with van der Waals surface area (Å²) in [4.78, 5) is 11.6. The number of carbonyl (C=O) groups is 1. The van der Waals surface area contributed by atoms with Crippen molar-refractivity contribution in [1.29, 1.82) is 0 Å². The van der Waals surface area contributed by atoms with E-state index in [0.29, 0.717) is 21.9 Å². The van der Waals surface area contributed by atoms with E-state index in [1.807, 2.05) is 47.0 Å². The lowest BCUT2D eigenvalue weighted by Crippen LogP contribution is -2.23. The van der Waals surface area contributed by atoms with Gasteiger partial charge in [-0.05, 0) is 48.7 Å². The highest BCUT2D eigenvalue weighted by Gasteiger charge is 2.22. The molecular formula is C20H21ClN4OS. The fourth-order valence-corrected chi connectivity index (χ4v) is 3.68. The van der Waals surface area contributed by atoms with Crippen molar-refractivity contribution in [2.45, 2.75) is 37.1 Å². The van der Waals surface area contributed by atoms with Gasteiger partial charge in [-0.1, -0.05) is 55.4 Å². The van der Waals surface area contributed by atoms with Crippen LogP contribution in [0.1, 0.15) is 32.3 Å². The third-order valence-electron chi connectivity index (χ3n) is 4.22. The second-order valence-electron chi connectivity index (χ2n) is 6.52. The third-order valence-corrected chi connectivity index (χ3v) is 5.53. The number of rotatable bonds is 6. The van der Waals surface area contributed by atoms with Gasteiger partial charge in [0.05, 0.1) is 10.9 Å². The largest absolute Gasteiger partial charge is 0.369 e. The van der Waals surface area contributed by atoms with Crippen LogP contribution in [0.2, 0.25) is 5.02 Å². The molecule has 140 valence electrons. The van der Waals surface area contributed by atoms with Crippen molar-refractivity contribution in [3.05, 3.63) is 59.1 Å². The highest BCUT2D eigenvalue weighted by Crippen LogP contribution is 2.33. The Labute approximate surface area is 167 Å². The second kappa shape index (κ2) is 8.15. The summed E-state index contributed by atoms with van der Waals surface area (Å²) in [6.45, 7) is 6.05. The molecule has 1 amide bonds. The van der Waals surface area contributed by atoms with Gasteiger partial charge in [-0.15, -0.1) is 10.2 Å². The minimum absolute atomic E-state index is 0.313. The predicted octanol–water partition coefficient (Wildman–Crippen LogP) is 4.68. The summed E-state index contributed by atoms with van der Waals surface area (Å²) >= 11 is 7.33. The first-order chi connectivity index (χ1) is 12.9. The SMILES string of the molecule is CC(C)c1ccccc1-n1c(S[C@@H](C)C(N)=O)nnc1-c1ccc(Cl)cc1. The van der Waals surface area contributed by atoms with Crippen LogP contribution >= 0.6 is 23.4 Å². The van der Waals surface area contributed by atoms with Gasteiger partial charge < -0.3 is 5.73 Å². The van der Waals surface area contributed by atoms with Crippen molar-refractivity contribution < 1.29 is 4.79 Å². The van der Waals surface area contributed by atoms with Crippen molar-refractivity contribution in [3.63, 3.8) is 0 Å². The van der Waals surface area contributed by atoms with Crippen LogP contribution in [0.3, 0.4) is 0 Å². The van der Waals surface area contributed by atoms with Gasteiger partial charge in [0.25, 0.3) is 0 Å². The first kappa shape index (κ1) is 19.5. The molecule has 0 aliphatic heterocycles. The lowest BCUT2D eigenvalue weighted by atomic mass is 10.0. The average molecular weight is 401 g/mol. The minimum atomic E-state index is -0.419. The van der Waals surface area contributed by atoms with Crippen molar-refractivity contribution in [1.82, 2.24) is 14.8 Å². The Morgan fingerprint density at radius 1 is 1.07 bits per heavy atom. The number of para-hydroxylation sites is 1. The number of aromatic nitrogens is 3. The molecule has 5 nitrogen and oxygen atoms in total. The molecule has 27 heavy (non-hydrogen) atoms. The molecule has 0 fully saturated rings. The summed E-state index contributed by atoms with van der Waals surface area (Å²) in [5.41, 5.74) is 8.50. The summed E-state index contributed by atoms with van der Waals surface area (Å²) < 4.78 is 1.99. The van der Waals surface area contributed by atoms with Gasteiger partial charge in [-0.2, -0.15) is 0 Å². The monoisotopic (exact) mass is 400 g/mol. The van der Waals surface area contributed by atoms with E-state index in [1.165, 1.54) is 17.3 Å². The van der Waals surface area contributed by atoms with Crippen LogP contribution in [0.4, 0.5) is 0 Å². The minimum Gasteiger partial charge on any atom is -0.369 e. The van der Waals surface area contributed by atoms with E-state index in [-0.39, 0.29) is 5.91 Å². The number of halogens is 1. The maximum Gasteiger partial charge on any atom is 0.230 e. The van der Waals surface area contributed by atoms with E-state index in [0.717, 1.165) is 11.3 Å². The number of nitrogens with two attached hydrogens (primary N) is 1. The second-order valence-corrected chi connectivity index (χ2v) is 8.27. The molecule has 3 aromatic rings. The Bertz CT molecular complexity index is 953. The molecule has 0 aliphatic carbocycles. The first-order valence-corrected chi connectivity index (χ1v) is 9.91. The molecule has 7 heteroatoms. The topological polar surface area (TPSA) is 73.8 Å². The van der Waals surface area contributed by atoms with E-state index >= 15 is 0 Å². The summed E-state index contributed by atoms with van der Waals surface area (Å²) in [6, 6.07) is 15.6. The van der Waals surface area contributed by atoms with Crippen LogP contribution < -0.4 is 5.73 Å². The van der Waals surface area contributed by atoms with Crippen LogP contribution in [-0.2, 0) is 4.79 Å². The van der Waals surface area contributed by atoms with Crippen molar-refractivity contribution >= 4 is 29.3 Å². The van der Waals surface area contributed by atoms with E-state index in [2.05, 4.69) is 30.1 Å². The summed E-state index contributed by atoms with van der Waals surface area (Å²) in [6.07, 6.45) is 0. The number of hydrogen-bond donors (Lipinski definition) is 1. The van der Waals surface area contributed by atoms with E-state index in [4.69, 9.17) is 17.3 Å². The Balaban J connectivity index is 2.20. The summed E-state index contributed by atoms with van der Waals surface area (Å²) in [5, 5.41) is 9.61.